The third-order valence-corrected chi connectivity index (χ3v) is 3.71. The van der Waals surface area contributed by atoms with Crippen LogP contribution in [0.25, 0.3) is 0 Å². The van der Waals surface area contributed by atoms with Crippen LogP contribution in [0, 0.1) is 5.41 Å². The van der Waals surface area contributed by atoms with E-state index in [1.54, 1.807) is 24.3 Å². The molecule has 1 atom stereocenters. The molecule has 0 bridgehead atoms. The zero-order valence-electron chi connectivity index (χ0n) is 14.4. The van der Waals surface area contributed by atoms with Crippen LogP contribution >= 0.6 is 0 Å². The van der Waals surface area contributed by atoms with E-state index in [9.17, 15) is 9.59 Å². The van der Waals surface area contributed by atoms with Crippen molar-refractivity contribution < 1.29 is 14.3 Å². The summed E-state index contributed by atoms with van der Waals surface area (Å²) >= 11 is 0. The third-order valence-electron chi connectivity index (χ3n) is 3.71. The Balaban J connectivity index is 2.07. The number of rotatable bonds is 3. The fourth-order valence-electron chi connectivity index (χ4n) is 2.61. The van der Waals surface area contributed by atoms with Gasteiger partial charge in [0.15, 0.2) is 0 Å². The summed E-state index contributed by atoms with van der Waals surface area (Å²) in [4.78, 5) is 26.5. The summed E-state index contributed by atoms with van der Waals surface area (Å²) in [5.74, 6) is -0.0606. The van der Waals surface area contributed by atoms with E-state index in [0.717, 1.165) is 0 Å². The normalized spacial score (nSPS) is 18.6. The van der Waals surface area contributed by atoms with Crippen LogP contribution in [-0.2, 0) is 9.53 Å². The van der Waals surface area contributed by atoms with Gasteiger partial charge in [0.05, 0.1) is 19.3 Å². The highest BCUT2D eigenvalue weighted by molar-refractivity contribution is 5.97. The lowest BCUT2D eigenvalue weighted by molar-refractivity contribution is -0.117. The molecule has 1 aromatic rings. The van der Waals surface area contributed by atoms with Gasteiger partial charge in [-0.3, -0.25) is 9.59 Å². The molecular formula is C18H26N2O3. The van der Waals surface area contributed by atoms with Gasteiger partial charge in [0.2, 0.25) is 5.91 Å². The highest BCUT2D eigenvalue weighted by Crippen LogP contribution is 2.20. The predicted molar refractivity (Wildman–Crippen MR) is 90.5 cm³/mol. The summed E-state index contributed by atoms with van der Waals surface area (Å²) in [6.45, 7) is 9.77. The van der Waals surface area contributed by atoms with Gasteiger partial charge in [-0.15, -0.1) is 0 Å². The number of carbonyl (C=O) groups excluding carboxylic acids is 2. The summed E-state index contributed by atoms with van der Waals surface area (Å²) in [5, 5.41) is 2.87. The fraction of sp³-hybridized carbons (Fsp3) is 0.556. The number of morpholine rings is 1. The minimum Gasteiger partial charge on any atom is -0.377 e. The second-order valence-electron chi connectivity index (χ2n) is 7.29. The molecule has 1 heterocycles. The van der Waals surface area contributed by atoms with E-state index in [2.05, 4.69) is 5.32 Å². The van der Waals surface area contributed by atoms with Gasteiger partial charge in [0.1, 0.15) is 0 Å². The van der Waals surface area contributed by atoms with Gasteiger partial charge in [-0.25, -0.2) is 0 Å². The minimum absolute atomic E-state index is 0.0206. The first-order chi connectivity index (χ1) is 10.8. The van der Waals surface area contributed by atoms with Crippen LogP contribution < -0.4 is 5.32 Å². The van der Waals surface area contributed by atoms with Crippen LogP contribution in [-0.4, -0.2) is 42.5 Å². The number of ether oxygens (including phenoxy) is 1. The van der Waals surface area contributed by atoms with Crippen LogP contribution in [0.4, 0.5) is 5.69 Å². The first kappa shape index (κ1) is 17.5. The summed E-state index contributed by atoms with van der Waals surface area (Å²) < 4.78 is 5.37. The lowest BCUT2D eigenvalue weighted by atomic mass is 9.92. The van der Waals surface area contributed by atoms with Crippen molar-refractivity contribution >= 4 is 17.5 Å². The van der Waals surface area contributed by atoms with Crippen LogP contribution in [0.1, 0.15) is 44.5 Å². The number of benzene rings is 1. The molecule has 1 aromatic carbocycles. The molecule has 5 heteroatoms. The Morgan fingerprint density at radius 2 is 2.09 bits per heavy atom. The maximum atomic E-state index is 12.6. The molecule has 1 saturated heterocycles. The molecular weight excluding hydrogens is 292 g/mol. The first-order valence-electron chi connectivity index (χ1n) is 8.05. The smallest absolute Gasteiger partial charge is 0.254 e. The molecule has 23 heavy (non-hydrogen) atoms. The van der Waals surface area contributed by atoms with E-state index in [-0.39, 0.29) is 23.3 Å². The maximum Gasteiger partial charge on any atom is 0.254 e. The van der Waals surface area contributed by atoms with Crippen molar-refractivity contribution in [2.75, 3.05) is 25.1 Å². The fourth-order valence-corrected chi connectivity index (χ4v) is 2.61. The minimum atomic E-state index is -0.0687. The topological polar surface area (TPSA) is 58.6 Å². The van der Waals surface area contributed by atoms with Crippen molar-refractivity contribution in [1.29, 1.82) is 0 Å². The van der Waals surface area contributed by atoms with Crippen LogP contribution in [0.3, 0.4) is 0 Å². The highest BCUT2D eigenvalue weighted by atomic mass is 16.5. The monoisotopic (exact) mass is 318 g/mol. The predicted octanol–water partition coefficient (Wildman–Crippen LogP) is 2.92. The van der Waals surface area contributed by atoms with Crippen molar-refractivity contribution in [2.45, 2.75) is 40.2 Å². The molecule has 2 amide bonds. The maximum absolute atomic E-state index is 12.6. The standard InChI is InChI=1S/C18H26N2O3/c1-13-12-23-9-8-20(13)17(22)14-6-5-7-15(10-14)19-16(21)11-18(2,3)4/h5-7,10,13H,8-9,11-12H2,1-4H3,(H,19,21). The largest absolute Gasteiger partial charge is 0.377 e. The van der Waals surface area contributed by atoms with Gasteiger partial charge in [0, 0.05) is 24.2 Å². The summed E-state index contributed by atoms with van der Waals surface area (Å²) in [6.07, 6.45) is 0.436. The molecule has 0 aromatic heterocycles. The van der Waals surface area contributed by atoms with Gasteiger partial charge >= 0.3 is 0 Å². The molecule has 0 saturated carbocycles. The highest BCUT2D eigenvalue weighted by Gasteiger charge is 2.25. The molecule has 1 aliphatic rings. The van der Waals surface area contributed by atoms with Gasteiger partial charge < -0.3 is 15.0 Å². The van der Waals surface area contributed by atoms with Crippen molar-refractivity contribution in [1.82, 2.24) is 4.90 Å². The Labute approximate surface area is 138 Å². The van der Waals surface area contributed by atoms with E-state index >= 15 is 0 Å². The summed E-state index contributed by atoms with van der Waals surface area (Å²) in [7, 11) is 0. The number of anilines is 1. The molecule has 0 aliphatic carbocycles. The lowest BCUT2D eigenvalue weighted by Crippen LogP contribution is -2.47. The quantitative estimate of drug-likeness (QED) is 0.932. The molecule has 0 radical (unpaired) electrons. The SMILES string of the molecule is CC1COCCN1C(=O)c1cccc(NC(=O)CC(C)(C)C)c1. The van der Waals surface area contributed by atoms with Crippen LogP contribution in [0.2, 0.25) is 0 Å². The summed E-state index contributed by atoms with van der Waals surface area (Å²) in [6, 6.07) is 7.19. The zero-order valence-corrected chi connectivity index (χ0v) is 14.4. The summed E-state index contributed by atoms with van der Waals surface area (Å²) in [5.41, 5.74) is 1.18. The molecule has 1 unspecified atom stereocenters. The lowest BCUT2D eigenvalue weighted by Gasteiger charge is -2.33. The Bertz CT molecular complexity index is 578. The Kier molecular flexibility index (Phi) is 5.42. The number of carbonyl (C=O) groups is 2. The molecule has 2 rings (SSSR count). The average Bonchev–Trinajstić information content (AvgIpc) is 2.45. The van der Waals surface area contributed by atoms with E-state index in [1.165, 1.54) is 0 Å². The van der Waals surface area contributed by atoms with Gasteiger partial charge in [-0.05, 0) is 30.5 Å². The number of nitrogens with zero attached hydrogens (tertiary/aromatic N) is 1. The van der Waals surface area contributed by atoms with Crippen molar-refractivity contribution in [3.8, 4) is 0 Å². The average molecular weight is 318 g/mol. The molecule has 1 N–H and O–H groups in total. The molecule has 1 fully saturated rings. The van der Waals surface area contributed by atoms with Gasteiger partial charge in [-0.2, -0.15) is 0 Å². The van der Waals surface area contributed by atoms with E-state index in [4.69, 9.17) is 4.74 Å². The van der Waals surface area contributed by atoms with E-state index in [1.807, 2.05) is 32.6 Å². The number of nitrogens with one attached hydrogen (secondary N) is 1. The zero-order chi connectivity index (χ0) is 17.0. The molecule has 0 spiro atoms. The van der Waals surface area contributed by atoms with Crippen molar-refractivity contribution in [3.63, 3.8) is 0 Å². The molecule has 1 aliphatic heterocycles. The van der Waals surface area contributed by atoms with Crippen molar-refractivity contribution in [3.05, 3.63) is 29.8 Å². The second-order valence-corrected chi connectivity index (χ2v) is 7.29. The number of hydrogen-bond acceptors (Lipinski definition) is 3. The van der Waals surface area contributed by atoms with Crippen molar-refractivity contribution in [2.24, 2.45) is 5.41 Å². The Hall–Kier alpha value is -1.88. The van der Waals surface area contributed by atoms with Gasteiger partial charge in [-0.1, -0.05) is 26.8 Å². The van der Waals surface area contributed by atoms with Crippen LogP contribution in [0.15, 0.2) is 24.3 Å². The van der Waals surface area contributed by atoms with E-state index < -0.39 is 0 Å². The van der Waals surface area contributed by atoms with E-state index in [0.29, 0.717) is 37.4 Å². The third kappa shape index (κ3) is 5.06. The van der Waals surface area contributed by atoms with Crippen LogP contribution in [0.5, 0.6) is 0 Å². The Morgan fingerprint density at radius 1 is 1.35 bits per heavy atom. The molecule has 126 valence electrons. The second kappa shape index (κ2) is 7.13. The Morgan fingerprint density at radius 3 is 2.74 bits per heavy atom. The number of amides is 2. The first-order valence-corrected chi connectivity index (χ1v) is 8.05. The molecule has 5 nitrogen and oxygen atoms in total. The van der Waals surface area contributed by atoms with Gasteiger partial charge in [0.25, 0.3) is 5.91 Å². The number of hydrogen-bond donors (Lipinski definition) is 1.